The van der Waals surface area contributed by atoms with Crippen molar-refractivity contribution >= 4 is 5.91 Å². The number of aromatic nitrogens is 1. The molecule has 2 heterocycles. The minimum Gasteiger partial charge on any atom is -0.377 e. The highest BCUT2D eigenvalue weighted by Gasteiger charge is 2.35. The second-order valence-electron chi connectivity index (χ2n) is 7.95. The normalized spacial score (nSPS) is 26.9. The van der Waals surface area contributed by atoms with Crippen LogP contribution in [0, 0.1) is 12.8 Å². The average molecular weight is 375 g/mol. The number of rotatable bonds is 6. The molecule has 0 bridgehead atoms. The van der Waals surface area contributed by atoms with Crippen LogP contribution >= 0.6 is 0 Å². The molecule has 1 aliphatic carbocycles. The molecule has 1 saturated carbocycles. The zero-order valence-corrected chi connectivity index (χ0v) is 16.8. The van der Waals surface area contributed by atoms with E-state index in [9.17, 15) is 4.79 Å². The van der Waals surface area contributed by atoms with Gasteiger partial charge in [0.05, 0.1) is 11.8 Å². The van der Waals surface area contributed by atoms with E-state index in [1.807, 2.05) is 17.2 Å². The molecule has 6 heteroatoms. The second kappa shape index (κ2) is 9.62. The molecule has 0 unspecified atom stereocenters. The lowest BCUT2D eigenvalue weighted by atomic mass is 9.83. The van der Waals surface area contributed by atoms with Crippen molar-refractivity contribution in [2.75, 3.05) is 32.8 Å². The van der Waals surface area contributed by atoms with Gasteiger partial charge in [-0.15, -0.1) is 0 Å². The number of nitrogens with zero attached hydrogens (tertiary/aromatic N) is 3. The Kier molecular flexibility index (Phi) is 7.21. The lowest BCUT2D eigenvalue weighted by molar-refractivity contribution is -0.140. The van der Waals surface area contributed by atoms with E-state index in [1.165, 1.54) is 5.56 Å². The fraction of sp³-hybridized carbons (Fsp3) is 0.714. The number of piperazine rings is 1. The monoisotopic (exact) mass is 374 g/mol. The van der Waals surface area contributed by atoms with Crippen molar-refractivity contribution in [2.45, 2.75) is 58.2 Å². The Morgan fingerprint density at radius 1 is 1.30 bits per heavy atom. The van der Waals surface area contributed by atoms with E-state index in [1.54, 1.807) is 0 Å². The molecule has 2 fully saturated rings. The molecule has 3 rings (SSSR count). The Labute approximate surface area is 163 Å². The van der Waals surface area contributed by atoms with Gasteiger partial charge in [-0.25, -0.2) is 0 Å². The van der Waals surface area contributed by atoms with E-state index in [2.05, 4.69) is 29.8 Å². The molecular formula is C21H34N4O2. The zero-order valence-electron chi connectivity index (χ0n) is 16.8. The first-order valence-electron chi connectivity index (χ1n) is 10.4. The molecule has 6 nitrogen and oxygen atoms in total. The van der Waals surface area contributed by atoms with E-state index < -0.39 is 0 Å². The van der Waals surface area contributed by atoms with Crippen LogP contribution in [0.15, 0.2) is 18.3 Å². The maximum absolute atomic E-state index is 13.0. The molecule has 1 saturated heterocycles. The summed E-state index contributed by atoms with van der Waals surface area (Å²) in [4.78, 5) is 21.9. The lowest BCUT2D eigenvalue weighted by Crippen LogP contribution is -2.52. The summed E-state index contributed by atoms with van der Waals surface area (Å²) in [6, 6.07) is 4.15. The second-order valence-corrected chi connectivity index (χ2v) is 7.95. The summed E-state index contributed by atoms with van der Waals surface area (Å²) in [6.07, 6.45) is 5.41. The molecule has 1 aromatic heterocycles. The predicted octanol–water partition coefficient (Wildman–Crippen LogP) is 1.96. The van der Waals surface area contributed by atoms with Crippen LogP contribution in [0.25, 0.3) is 0 Å². The molecule has 1 aromatic rings. The van der Waals surface area contributed by atoms with Crippen molar-refractivity contribution in [3.63, 3.8) is 0 Å². The number of aryl methyl sites for hydroxylation is 1. The summed E-state index contributed by atoms with van der Waals surface area (Å²) in [6.45, 7) is 9.20. The summed E-state index contributed by atoms with van der Waals surface area (Å²) >= 11 is 0. The van der Waals surface area contributed by atoms with Crippen molar-refractivity contribution in [3.05, 3.63) is 29.6 Å². The standard InChI is InChI=1S/C21H34N4O2/c1-3-13-27-20-14-17(6-7-18(20)22)21(26)25-11-9-24(10-12-25)15-19-16(2)5-4-8-23-19/h4-5,8,17-18,20H,3,6-7,9-15,22H2,1-2H3/t17-,18+,20+/m0/s1. The van der Waals surface area contributed by atoms with E-state index in [0.29, 0.717) is 5.91 Å². The number of pyridine rings is 1. The molecule has 150 valence electrons. The van der Waals surface area contributed by atoms with Gasteiger partial charge in [0.25, 0.3) is 0 Å². The molecule has 1 amide bonds. The van der Waals surface area contributed by atoms with E-state index in [4.69, 9.17) is 10.5 Å². The van der Waals surface area contributed by atoms with Gasteiger partial charge < -0.3 is 15.4 Å². The van der Waals surface area contributed by atoms with Crippen LogP contribution in [0.1, 0.15) is 43.9 Å². The first-order chi connectivity index (χ1) is 13.1. The van der Waals surface area contributed by atoms with Crippen molar-refractivity contribution in [3.8, 4) is 0 Å². The Morgan fingerprint density at radius 2 is 2.07 bits per heavy atom. The third-order valence-electron chi connectivity index (χ3n) is 5.90. The van der Waals surface area contributed by atoms with Crippen LogP contribution in [0.3, 0.4) is 0 Å². The highest BCUT2D eigenvalue weighted by Crippen LogP contribution is 2.28. The summed E-state index contributed by atoms with van der Waals surface area (Å²) in [5.41, 5.74) is 8.56. The quantitative estimate of drug-likeness (QED) is 0.824. The van der Waals surface area contributed by atoms with Crippen LogP contribution in [-0.2, 0) is 16.1 Å². The fourth-order valence-corrected chi connectivity index (χ4v) is 4.12. The Bertz CT molecular complexity index is 616. The Hall–Kier alpha value is -1.50. The van der Waals surface area contributed by atoms with E-state index >= 15 is 0 Å². The minimum atomic E-state index is 0.0288. The largest absolute Gasteiger partial charge is 0.377 e. The summed E-state index contributed by atoms with van der Waals surface area (Å²) in [5, 5.41) is 0. The topological polar surface area (TPSA) is 71.7 Å². The highest BCUT2D eigenvalue weighted by atomic mass is 16.5. The van der Waals surface area contributed by atoms with E-state index in [0.717, 1.165) is 70.7 Å². The lowest BCUT2D eigenvalue weighted by Gasteiger charge is -2.39. The Balaban J connectivity index is 1.48. The van der Waals surface area contributed by atoms with Crippen molar-refractivity contribution in [1.29, 1.82) is 0 Å². The molecule has 3 atom stereocenters. The number of ether oxygens (including phenoxy) is 1. The highest BCUT2D eigenvalue weighted by molar-refractivity contribution is 5.79. The van der Waals surface area contributed by atoms with Crippen LogP contribution in [0.5, 0.6) is 0 Å². The van der Waals surface area contributed by atoms with Gasteiger partial charge in [0, 0.05) is 57.5 Å². The minimum absolute atomic E-state index is 0.0288. The summed E-state index contributed by atoms with van der Waals surface area (Å²) in [5.74, 6) is 0.358. The van der Waals surface area contributed by atoms with Gasteiger partial charge in [0.1, 0.15) is 0 Å². The smallest absolute Gasteiger partial charge is 0.225 e. The number of amides is 1. The van der Waals surface area contributed by atoms with Crippen LogP contribution in [0.2, 0.25) is 0 Å². The third-order valence-corrected chi connectivity index (χ3v) is 5.90. The molecule has 27 heavy (non-hydrogen) atoms. The van der Waals surface area contributed by atoms with Gasteiger partial charge in [-0.3, -0.25) is 14.7 Å². The zero-order chi connectivity index (χ0) is 19.2. The number of hydrogen-bond donors (Lipinski definition) is 1. The van der Waals surface area contributed by atoms with Gasteiger partial charge in [0.2, 0.25) is 5.91 Å². The first-order valence-corrected chi connectivity index (χ1v) is 10.4. The van der Waals surface area contributed by atoms with Gasteiger partial charge in [0.15, 0.2) is 0 Å². The molecule has 2 aliphatic rings. The van der Waals surface area contributed by atoms with Crippen LogP contribution in [0.4, 0.5) is 0 Å². The van der Waals surface area contributed by atoms with Crippen LogP contribution in [-0.4, -0.2) is 65.6 Å². The molecule has 1 aliphatic heterocycles. The first kappa shape index (κ1) is 20.2. The third kappa shape index (κ3) is 5.27. The van der Waals surface area contributed by atoms with Gasteiger partial charge >= 0.3 is 0 Å². The number of carbonyl (C=O) groups excluding carboxylic acids is 1. The SMILES string of the molecule is CCCO[C@@H]1C[C@@H](C(=O)N2CCN(Cc3ncccc3C)CC2)CC[C@H]1N. The van der Waals surface area contributed by atoms with Crippen molar-refractivity contribution in [2.24, 2.45) is 11.7 Å². The molecular weight excluding hydrogens is 340 g/mol. The van der Waals surface area contributed by atoms with Crippen LogP contribution < -0.4 is 5.73 Å². The maximum Gasteiger partial charge on any atom is 0.225 e. The molecule has 2 N–H and O–H groups in total. The summed E-state index contributed by atoms with van der Waals surface area (Å²) in [7, 11) is 0. The van der Waals surface area contributed by atoms with Gasteiger partial charge in [-0.2, -0.15) is 0 Å². The molecule has 0 radical (unpaired) electrons. The number of carbonyl (C=O) groups is 1. The van der Waals surface area contributed by atoms with Crippen molar-refractivity contribution in [1.82, 2.24) is 14.8 Å². The molecule has 0 aromatic carbocycles. The predicted molar refractivity (Wildman–Crippen MR) is 106 cm³/mol. The van der Waals surface area contributed by atoms with Crippen molar-refractivity contribution < 1.29 is 9.53 Å². The average Bonchev–Trinajstić information content (AvgIpc) is 2.69. The van der Waals surface area contributed by atoms with Gasteiger partial charge in [-0.05, 0) is 44.2 Å². The fourth-order valence-electron chi connectivity index (χ4n) is 4.12. The Morgan fingerprint density at radius 3 is 2.78 bits per heavy atom. The molecule has 0 spiro atoms. The maximum atomic E-state index is 13.0. The number of hydrogen-bond acceptors (Lipinski definition) is 5. The number of nitrogens with two attached hydrogens (primary N) is 1. The van der Waals surface area contributed by atoms with Gasteiger partial charge in [-0.1, -0.05) is 13.0 Å². The van der Waals surface area contributed by atoms with E-state index in [-0.39, 0.29) is 18.1 Å². The summed E-state index contributed by atoms with van der Waals surface area (Å²) < 4.78 is 5.90.